The highest BCUT2D eigenvalue weighted by atomic mass is 16.6. The molecule has 1 N–H and O–H groups in total. The Morgan fingerprint density at radius 1 is 1.22 bits per heavy atom. The van der Waals surface area contributed by atoms with Crippen LogP contribution in [0.1, 0.15) is 54.4 Å². The number of epoxide rings is 1. The van der Waals surface area contributed by atoms with Gasteiger partial charge in [-0.15, -0.1) is 0 Å². The normalized spacial score (nSPS) is 48.7. The van der Waals surface area contributed by atoms with Crippen LogP contribution in [0.25, 0.3) is 0 Å². The molecule has 2 heterocycles. The van der Waals surface area contributed by atoms with Gasteiger partial charge in [-0.3, -0.25) is 9.59 Å². The van der Waals surface area contributed by atoms with Crippen molar-refractivity contribution in [3.05, 3.63) is 48.3 Å². The number of carbonyl (C=O) groups excluding carboxylic acids is 2. The first-order valence-corrected chi connectivity index (χ1v) is 13.1. The summed E-state index contributed by atoms with van der Waals surface area (Å²) in [5.74, 6) is 0.424. The molecule has 5 aliphatic rings. The van der Waals surface area contributed by atoms with Gasteiger partial charge < -0.3 is 19.3 Å². The molecule has 0 aromatic rings. The number of methoxy groups -OCH3 is 1. The highest BCUT2D eigenvalue weighted by Gasteiger charge is 2.81. The molecular formula is C30H40O6. The Morgan fingerprint density at radius 2 is 1.89 bits per heavy atom. The summed E-state index contributed by atoms with van der Waals surface area (Å²) in [5, 5.41) is 10.7. The highest BCUT2D eigenvalue weighted by Crippen LogP contribution is 2.77. The van der Waals surface area contributed by atoms with Crippen LogP contribution in [0.2, 0.25) is 0 Å². The molecule has 0 radical (unpaired) electrons. The summed E-state index contributed by atoms with van der Waals surface area (Å²) in [6.45, 7) is 21.5. The van der Waals surface area contributed by atoms with E-state index in [0.717, 1.165) is 17.6 Å². The quantitative estimate of drug-likeness (QED) is 0.344. The number of ether oxygens (including phenoxy) is 3. The van der Waals surface area contributed by atoms with Gasteiger partial charge >= 0.3 is 5.97 Å². The summed E-state index contributed by atoms with van der Waals surface area (Å²) in [5.41, 5.74) is -0.104. The minimum Gasteiger partial charge on any atom is -0.469 e. The first-order chi connectivity index (χ1) is 16.7. The van der Waals surface area contributed by atoms with Crippen LogP contribution in [0.5, 0.6) is 0 Å². The first-order valence-electron chi connectivity index (χ1n) is 13.1. The van der Waals surface area contributed by atoms with E-state index >= 15 is 0 Å². The van der Waals surface area contributed by atoms with Crippen LogP contribution in [0.3, 0.4) is 0 Å². The molecule has 0 amide bonds. The fourth-order valence-corrected chi connectivity index (χ4v) is 9.04. The third kappa shape index (κ3) is 2.92. The molecular weight excluding hydrogens is 456 g/mol. The molecule has 6 nitrogen and oxygen atoms in total. The Labute approximate surface area is 214 Å². The Morgan fingerprint density at radius 3 is 2.47 bits per heavy atom. The number of rotatable bonds is 4. The molecule has 1 saturated heterocycles. The standard InChI is InChI=1S/C30H40O6/c1-15-12-19(26(33)35-15)20-13-23-30(36-23)18(4)25(16(2)17(3)29(20,30)8)28(7)11-10-22(31)27(5,6)21(28)14-24(32)34-9/h10-12,16-17,20-21,23,25-26,33H,1,4,13-14H2,2-3,5-9H3/t16-,17+,20+,21+,23?,25?,26?,28+,29+,30?/m1/s1. The fourth-order valence-electron chi connectivity index (χ4n) is 9.04. The van der Waals surface area contributed by atoms with Gasteiger partial charge in [0.25, 0.3) is 0 Å². The molecule has 0 aromatic heterocycles. The molecule has 2 aliphatic heterocycles. The second-order valence-electron chi connectivity index (χ2n) is 12.8. The summed E-state index contributed by atoms with van der Waals surface area (Å²) >= 11 is 0. The minimum absolute atomic E-state index is 0.00342. The second kappa shape index (κ2) is 7.67. The van der Waals surface area contributed by atoms with E-state index in [1.165, 1.54) is 7.11 Å². The number of esters is 1. The zero-order valence-corrected chi connectivity index (χ0v) is 22.6. The zero-order chi connectivity index (χ0) is 26.6. The van der Waals surface area contributed by atoms with Crippen molar-refractivity contribution in [3.8, 4) is 0 Å². The van der Waals surface area contributed by atoms with Crippen molar-refractivity contribution in [1.29, 1.82) is 0 Å². The van der Waals surface area contributed by atoms with E-state index in [9.17, 15) is 14.7 Å². The number of allylic oxidation sites excluding steroid dienone is 3. The van der Waals surface area contributed by atoms with Crippen molar-refractivity contribution in [3.63, 3.8) is 0 Å². The Balaban J connectivity index is 1.60. The van der Waals surface area contributed by atoms with Gasteiger partial charge in [0, 0.05) is 16.4 Å². The number of hydrogen-bond acceptors (Lipinski definition) is 6. The molecule has 6 heteroatoms. The average Bonchev–Trinajstić information content (AvgIpc) is 3.36. The van der Waals surface area contributed by atoms with Crippen molar-refractivity contribution in [2.75, 3.05) is 7.11 Å². The van der Waals surface area contributed by atoms with E-state index in [4.69, 9.17) is 20.8 Å². The average molecular weight is 497 g/mol. The third-order valence-electron chi connectivity index (χ3n) is 11.2. The van der Waals surface area contributed by atoms with E-state index in [1.54, 1.807) is 6.08 Å². The van der Waals surface area contributed by atoms with Gasteiger partial charge in [0.05, 0.1) is 19.6 Å². The van der Waals surface area contributed by atoms with Crippen LogP contribution in [0.4, 0.5) is 0 Å². The van der Waals surface area contributed by atoms with Crippen LogP contribution < -0.4 is 0 Å². The maximum absolute atomic E-state index is 13.0. The van der Waals surface area contributed by atoms with Crippen LogP contribution in [0.15, 0.2) is 48.3 Å². The number of hydrogen-bond donors (Lipinski definition) is 1. The maximum atomic E-state index is 13.0. The lowest BCUT2D eigenvalue weighted by Crippen LogP contribution is -2.60. The number of aliphatic hydroxyl groups is 1. The summed E-state index contributed by atoms with van der Waals surface area (Å²) in [6, 6.07) is 0. The Bertz CT molecular complexity index is 1110. The summed E-state index contributed by atoms with van der Waals surface area (Å²) < 4.78 is 17.1. The van der Waals surface area contributed by atoms with Crippen LogP contribution >= 0.6 is 0 Å². The monoisotopic (exact) mass is 496 g/mol. The van der Waals surface area contributed by atoms with Crippen molar-refractivity contribution in [2.24, 2.45) is 45.8 Å². The lowest BCUT2D eigenvalue weighted by molar-refractivity contribution is -0.149. The van der Waals surface area contributed by atoms with Crippen molar-refractivity contribution < 1.29 is 28.9 Å². The van der Waals surface area contributed by atoms with E-state index in [2.05, 4.69) is 34.3 Å². The van der Waals surface area contributed by atoms with Gasteiger partial charge in [-0.25, -0.2) is 0 Å². The zero-order valence-electron chi connectivity index (χ0n) is 22.6. The molecule has 3 aliphatic carbocycles. The summed E-state index contributed by atoms with van der Waals surface area (Å²) in [6.07, 6.45) is 5.61. The van der Waals surface area contributed by atoms with Gasteiger partial charge in [-0.05, 0) is 59.2 Å². The minimum atomic E-state index is -0.975. The smallest absolute Gasteiger partial charge is 0.305 e. The van der Waals surface area contributed by atoms with E-state index < -0.39 is 22.7 Å². The molecule has 196 valence electrons. The Hall–Kier alpha value is -2.18. The van der Waals surface area contributed by atoms with Gasteiger partial charge in [0.2, 0.25) is 6.29 Å². The maximum Gasteiger partial charge on any atom is 0.305 e. The van der Waals surface area contributed by atoms with E-state index in [1.807, 2.05) is 26.0 Å². The van der Waals surface area contributed by atoms with Crippen LogP contribution in [-0.4, -0.2) is 42.0 Å². The third-order valence-corrected chi connectivity index (χ3v) is 11.2. The predicted molar refractivity (Wildman–Crippen MR) is 135 cm³/mol. The molecule has 10 atom stereocenters. The van der Waals surface area contributed by atoms with E-state index in [-0.39, 0.29) is 59.3 Å². The molecule has 3 fully saturated rings. The second-order valence-corrected chi connectivity index (χ2v) is 12.8. The molecule has 5 rings (SSSR count). The van der Waals surface area contributed by atoms with Gasteiger partial charge in [-0.2, -0.15) is 0 Å². The summed E-state index contributed by atoms with van der Waals surface area (Å²) in [4.78, 5) is 25.6. The van der Waals surface area contributed by atoms with Gasteiger partial charge in [0.1, 0.15) is 11.4 Å². The molecule has 2 saturated carbocycles. The first kappa shape index (κ1) is 25.5. The lowest BCUT2D eigenvalue weighted by atomic mass is 9.43. The van der Waals surface area contributed by atoms with Crippen molar-refractivity contribution >= 4 is 11.8 Å². The largest absolute Gasteiger partial charge is 0.469 e. The highest BCUT2D eigenvalue weighted by molar-refractivity contribution is 5.96. The number of carbonyl (C=O) groups is 2. The van der Waals surface area contributed by atoms with Gasteiger partial charge in [0.15, 0.2) is 5.78 Å². The fraction of sp³-hybridized carbons (Fsp3) is 0.667. The van der Waals surface area contributed by atoms with Gasteiger partial charge in [-0.1, -0.05) is 60.8 Å². The van der Waals surface area contributed by atoms with Crippen LogP contribution in [0, 0.1) is 45.8 Å². The Kier molecular flexibility index (Phi) is 5.43. The number of aliphatic hydroxyl groups excluding tert-OH is 1. The van der Waals surface area contributed by atoms with E-state index in [0.29, 0.717) is 5.76 Å². The van der Waals surface area contributed by atoms with Crippen LogP contribution in [-0.2, 0) is 23.8 Å². The lowest BCUT2D eigenvalue weighted by Gasteiger charge is -2.60. The summed E-state index contributed by atoms with van der Waals surface area (Å²) in [7, 11) is 1.40. The molecule has 0 aromatic carbocycles. The van der Waals surface area contributed by atoms with Crippen molar-refractivity contribution in [2.45, 2.75) is 72.4 Å². The topological polar surface area (TPSA) is 85.4 Å². The molecule has 36 heavy (non-hydrogen) atoms. The number of ketones is 1. The molecule has 0 bridgehead atoms. The SMILES string of the molecule is C=C1C=C([C@@H]2CC3OC34C(=C)C([C@@]3(C)C=CC(=O)C(C)(C)[C@@H]3CC(=O)OC)[C@H](C)[C@H](C)[C@@]24C)C(O)O1. The molecule has 1 spiro atoms. The molecule has 4 unspecified atom stereocenters. The van der Waals surface area contributed by atoms with Crippen molar-refractivity contribution in [1.82, 2.24) is 0 Å². The predicted octanol–water partition coefficient (Wildman–Crippen LogP) is 4.75.